The zero-order valence-corrected chi connectivity index (χ0v) is 9.97. The van der Waals surface area contributed by atoms with Gasteiger partial charge in [0, 0.05) is 23.7 Å². The lowest BCUT2D eigenvalue weighted by atomic mass is 9.86. The van der Waals surface area contributed by atoms with Gasteiger partial charge in [-0.15, -0.1) is 0 Å². The minimum absolute atomic E-state index is 0.0567. The Labute approximate surface area is 104 Å². The van der Waals surface area contributed by atoms with E-state index in [0.29, 0.717) is 17.4 Å². The molecule has 0 spiro atoms. The molecule has 0 saturated carbocycles. The standard InChI is InChI=1S/C14H13NO3/c1-7-4-8-5-9-11(16)2-3-12(17)13(9)14(18)10(8)6-15-7/h4-6,11,16,18H,2-3H2,1H3/t11-/m0/s1. The van der Waals surface area contributed by atoms with Crippen LogP contribution in [0.25, 0.3) is 10.8 Å². The van der Waals surface area contributed by atoms with Crippen molar-refractivity contribution >= 4 is 16.6 Å². The number of aliphatic hydroxyl groups is 1. The second kappa shape index (κ2) is 3.78. The lowest BCUT2D eigenvalue weighted by Gasteiger charge is -2.22. The number of benzene rings is 1. The molecule has 1 aromatic heterocycles. The number of rotatable bonds is 0. The summed E-state index contributed by atoms with van der Waals surface area (Å²) in [5.41, 5.74) is 1.62. The molecule has 0 bridgehead atoms. The molecule has 1 aromatic carbocycles. The molecule has 1 atom stereocenters. The van der Waals surface area contributed by atoms with Gasteiger partial charge in [0.2, 0.25) is 0 Å². The van der Waals surface area contributed by atoms with E-state index in [0.717, 1.165) is 11.1 Å². The van der Waals surface area contributed by atoms with Crippen molar-refractivity contribution in [3.05, 3.63) is 35.2 Å². The van der Waals surface area contributed by atoms with Crippen LogP contribution in [-0.4, -0.2) is 21.0 Å². The second-order valence-electron chi connectivity index (χ2n) is 4.71. The summed E-state index contributed by atoms with van der Waals surface area (Å²) in [6.07, 6.45) is 1.57. The average molecular weight is 243 g/mol. The van der Waals surface area contributed by atoms with Gasteiger partial charge >= 0.3 is 0 Å². The van der Waals surface area contributed by atoms with Crippen LogP contribution in [0.2, 0.25) is 0 Å². The number of aryl methyl sites for hydroxylation is 1. The number of aromatic nitrogens is 1. The number of pyridine rings is 1. The summed E-state index contributed by atoms with van der Waals surface area (Å²) in [6, 6.07) is 3.61. The van der Waals surface area contributed by atoms with Gasteiger partial charge in [0.05, 0.1) is 11.7 Å². The highest BCUT2D eigenvalue weighted by atomic mass is 16.3. The Bertz CT molecular complexity index is 664. The first-order chi connectivity index (χ1) is 8.58. The Balaban J connectivity index is 2.40. The number of phenols is 1. The Morgan fingerprint density at radius 1 is 1.39 bits per heavy atom. The van der Waals surface area contributed by atoms with Crippen molar-refractivity contribution in [2.24, 2.45) is 0 Å². The van der Waals surface area contributed by atoms with Crippen LogP contribution in [0.3, 0.4) is 0 Å². The molecule has 1 heterocycles. The molecule has 0 amide bonds. The molecule has 3 rings (SSSR count). The van der Waals surface area contributed by atoms with Gasteiger partial charge in [-0.3, -0.25) is 9.78 Å². The number of phenolic OH excluding ortho intramolecular Hbond substituents is 1. The SMILES string of the molecule is Cc1cc2cc3c(c(O)c2cn1)C(=O)CC[C@@H]3O. The minimum Gasteiger partial charge on any atom is -0.506 e. The van der Waals surface area contributed by atoms with Crippen LogP contribution in [0.1, 0.15) is 40.6 Å². The zero-order valence-electron chi connectivity index (χ0n) is 9.97. The molecule has 0 radical (unpaired) electrons. The van der Waals surface area contributed by atoms with E-state index in [2.05, 4.69) is 4.98 Å². The summed E-state index contributed by atoms with van der Waals surface area (Å²) in [7, 11) is 0. The molecular weight excluding hydrogens is 230 g/mol. The van der Waals surface area contributed by atoms with Crippen LogP contribution < -0.4 is 0 Å². The van der Waals surface area contributed by atoms with Gasteiger partial charge in [0.15, 0.2) is 5.78 Å². The van der Waals surface area contributed by atoms with E-state index >= 15 is 0 Å². The first-order valence-corrected chi connectivity index (χ1v) is 5.91. The summed E-state index contributed by atoms with van der Waals surface area (Å²) in [5.74, 6) is -0.172. The Hall–Kier alpha value is -1.94. The van der Waals surface area contributed by atoms with Crippen molar-refractivity contribution in [2.45, 2.75) is 25.9 Å². The normalized spacial score (nSPS) is 19.0. The number of carbonyl (C=O) groups is 1. The van der Waals surface area contributed by atoms with Crippen LogP contribution >= 0.6 is 0 Å². The topological polar surface area (TPSA) is 70.4 Å². The zero-order chi connectivity index (χ0) is 12.9. The number of ketones is 1. The van der Waals surface area contributed by atoms with Gasteiger partial charge in [-0.2, -0.15) is 0 Å². The second-order valence-corrected chi connectivity index (χ2v) is 4.71. The fraction of sp³-hybridized carbons (Fsp3) is 0.286. The molecule has 2 N–H and O–H groups in total. The monoisotopic (exact) mass is 243 g/mol. The minimum atomic E-state index is -0.679. The van der Waals surface area contributed by atoms with Gasteiger partial charge in [0.1, 0.15) is 5.75 Å². The summed E-state index contributed by atoms with van der Waals surface area (Å²) < 4.78 is 0. The van der Waals surface area contributed by atoms with Crippen molar-refractivity contribution in [3.63, 3.8) is 0 Å². The molecule has 18 heavy (non-hydrogen) atoms. The molecule has 1 aliphatic carbocycles. The molecular formula is C14H13NO3. The highest BCUT2D eigenvalue weighted by Gasteiger charge is 2.28. The Morgan fingerprint density at radius 3 is 2.94 bits per heavy atom. The fourth-order valence-corrected chi connectivity index (χ4v) is 2.51. The highest BCUT2D eigenvalue weighted by molar-refractivity contribution is 6.07. The van der Waals surface area contributed by atoms with Crippen LogP contribution in [-0.2, 0) is 0 Å². The van der Waals surface area contributed by atoms with Gasteiger partial charge in [0.25, 0.3) is 0 Å². The third-order valence-electron chi connectivity index (χ3n) is 3.45. The van der Waals surface area contributed by atoms with Gasteiger partial charge < -0.3 is 10.2 Å². The summed E-state index contributed by atoms with van der Waals surface area (Å²) >= 11 is 0. The molecule has 0 aliphatic heterocycles. The highest BCUT2D eigenvalue weighted by Crippen LogP contribution is 2.39. The first-order valence-electron chi connectivity index (χ1n) is 5.91. The average Bonchev–Trinajstić information content (AvgIpc) is 2.33. The molecule has 92 valence electrons. The largest absolute Gasteiger partial charge is 0.506 e. The van der Waals surface area contributed by atoms with Crippen molar-refractivity contribution in [1.29, 1.82) is 0 Å². The maximum atomic E-state index is 11.9. The number of aliphatic hydroxyl groups excluding tert-OH is 1. The third-order valence-corrected chi connectivity index (χ3v) is 3.45. The van der Waals surface area contributed by atoms with Crippen molar-refractivity contribution in [1.82, 2.24) is 4.98 Å². The molecule has 0 fully saturated rings. The van der Waals surface area contributed by atoms with Gasteiger partial charge in [-0.25, -0.2) is 0 Å². The van der Waals surface area contributed by atoms with E-state index < -0.39 is 6.10 Å². The maximum Gasteiger partial charge on any atom is 0.167 e. The lowest BCUT2D eigenvalue weighted by Crippen LogP contribution is -2.15. The molecule has 1 aliphatic rings. The van der Waals surface area contributed by atoms with E-state index in [1.807, 2.05) is 13.0 Å². The Morgan fingerprint density at radius 2 is 2.17 bits per heavy atom. The van der Waals surface area contributed by atoms with E-state index in [9.17, 15) is 15.0 Å². The van der Waals surface area contributed by atoms with E-state index in [-0.39, 0.29) is 23.5 Å². The number of hydrogen-bond acceptors (Lipinski definition) is 4. The van der Waals surface area contributed by atoms with Crippen molar-refractivity contribution in [3.8, 4) is 5.75 Å². The van der Waals surface area contributed by atoms with Gasteiger partial charge in [-0.1, -0.05) is 0 Å². The molecule has 4 heteroatoms. The fourth-order valence-electron chi connectivity index (χ4n) is 2.51. The number of nitrogens with zero attached hydrogens (tertiary/aromatic N) is 1. The molecule has 0 unspecified atom stereocenters. The summed E-state index contributed by atoms with van der Waals surface area (Å²) in [6.45, 7) is 1.86. The quantitative estimate of drug-likeness (QED) is 0.744. The predicted molar refractivity (Wildman–Crippen MR) is 66.7 cm³/mol. The number of Topliss-reactive ketones (excluding diaryl/α,β-unsaturated/α-hetero) is 1. The molecule has 0 saturated heterocycles. The van der Waals surface area contributed by atoms with Crippen molar-refractivity contribution < 1.29 is 15.0 Å². The van der Waals surface area contributed by atoms with E-state index in [1.54, 1.807) is 12.3 Å². The van der Waals surface area contributed by atoms with Gasteiger partial charge in [-0.05, 0) is 36.4 Å². The Kier molecular flexibility index (Phi) is 2.35. The molecule has 4 nitrogen and oxygen atoms in total. The number of hydrogen-bond donors (Lipinski definition) is 2. The summed E-state index contributed by atoms with van der Waals surface area (Å²) in [4.78, 5) is 16.0. The molecule has 2 aromatic rings. The van der Waals surface area contributed by atoms with Crippen LogP contribution in [0.5, 0.6) is 5.75 Å². The van der Waals surface area contributed by atoms with Crippen LogP contribution in [0.4, 0.5) is 0 Å². The third kappa shape index (κ3) is 1.49. The first kappa shape index (κ1) is 11.2. The number of fused-ring (bicyclic) bond motifs is 2. The number of carbonyl (C=O) groups excluding carboxylic acids is 1. The lowest BCUT2D eigenvalue weighted by molar-refractivity contribution is 0.0893. The predicted octanol–water partition coefficient (Wildman–Crippen LogP) is 2.26. The van der Waals surface area contributed by atoms with Crippen LogP contribution in [0, 0.1) is 6.92 Å². The smallest absolute Gasteiger partial charge is 0.167 e. The van der Waals surface area contributed by atoms with E-state index in [4.69, 9.17) is 0 Å². The number of aromatic hydroxyl groups is 1. The van der Waals surface area contributed by atoms with E-state index in [1.165, 1.54) is 0 Å². The van der Waals surface area contributed by atoms with Crippen molar-refractivity contribution in [2.75, 3.05) is 0 Å². The maximum absolute atomic E-state index is 11.9. The van der Waals surface area contributed by atoms with Crippen LogP contribution in [0.15, 0.2) is 18.3 Å². The summed E-state index contributed by atoms with van der Waals surface area (Å²) in [5, 5.41) is 21.5.